The lowest BCUT2D eigenvalue weighted by molar-refractivity contribution is 0.0561. The van der Waals surface area contributed by atoms with Crippen molar-refractivity contribution in [1.82, 2.24) is 4.90 Å². The zero-order valence-electron chi connectivity index (χ0n) is 9.89. The van der Waals surface area contributed by atoms with Crippen molar-refractivity contribution >= 4 is 5.97 Å². The van der Waals surface area contributed by atoms with E-state index in [4.69, 9.17) is 9.52 Å². The standard InChI is InChI=1S/C12H17NO4/c1-16-12(15)11-9(4-7-17-11)8-13(5-6-14)10-2-3-10/h4,7,10,14H,2-3,5-6,8H2,1H3. The number of furan rings is 1. The van der Waals surface area contributed by atoms with Gasteiger partial charge in [0.2, 0.25) is 5.76 Å². The molecule has 0 spiro atoms. The van der Waals surface area contributed by atoms with Crippen molar-refractivity contribution in [3.8, 4) is 0 Å². The Kier molecular flexibility index (Phi) is 3.81. The van der Waals surface area contributed by atoms with Crippen molar-refractivity contribution in [2.75, 3.05) is 20.3 Å². The summed E-state index contributed by atoms with van der Waals surface area (Å²) in [6.07, 6.45) is 3.81. The number of nitrogens with zero attached hydrogens (tertiary/aromatic N) is 1. The number of rotatable bonds is 6. The largest absolute Gasteiger partial charge is 0.463 e. The van der Waals surface area contributed by atoms with Gasteiger partial charge in [-0.25, -0.2) is 4.79 Å². The van der Waals surface area contributed by atoms with Gasteiger partial charge in [-0.05, 0) is 18.9 Å². The number of aliphatic hydroxyl groups excluding tert-OH is 1. The summed E-state index contributed by atoms with van der Waals surface area (Å²) in [4.78, 5) is 13.6. The van der Waals surface area contributed by atoms with E-state index in [2.05, 4.69) is 9.64 Å². The summed E-state index contributed by atoms with van der Waals surface area (Å²) in [6, 6.07) is 2.31. The van der Waals surface area contributed by atoms with Gasteiger partial charge in [-0.3, -0.25) is 4.90 Å². The molecule has 1 saturated carbocycles. The maximum atomic E-state index is 11.4. The van der Waals surface area contributed by atoms with Gasteiger partial charge in [0.15, 0.2) is 0 Å². The number of hydrogen-bond acceptors (Lipinski definition) is 5. The van der Waals surface area contributed by atoms with Crippen LogP contribution in [0.1, 0.15) is 29.0 Å². The van der Waals surface area contributed by atoms with Crippen LogP contribution in [-0.4, -0.2) is 42.3 Å². The number of carbonyl (C=O) groups is 1. The molecule has 1 heterocycles. The quantitative estimate of drug-likeness (QED) is 0.751. The smallest absolute Gasteiger partial charge is 0.374 e. The summed E-state index contributed by atoms with van der Waals surface area (Å²) in [7, 11) is 1.33. The minimum absolute atomic E-state index is 0.127. The van der Waals surface area contributed by atoms with Crippen LogP contribution in [0.4, 0.5) is 0 Å². The summed E-state index contributed by atoms with van der Waals surface area (Å²) in [5, 5.41) is 9.01. The van der Waals surface area contributed by atoms with E-state index < -0.39 is 5.97 Å². The average Bonchev–Trinajstić information content (AvgIpc) is 3.08. The minimum Gasteiger partial charge on any atom is -0.463 e. The Morgan fingerprint density at radius 3 is 3.00 bits per heavy atom. The van der Waals surface area contributed by atoms with Gasteiger partial charge in [0, 0.05) is 24.7 Å². The summed E-state index contributed by atoms with van der Waals surface area (Å²) in [6.45, 7) is 1.37. The maximum Gasteiger partial charge on any atom is 0.374 e. The van der Waals surface area contributed by atoms with Crippen LogP contribution in [0.25, 0.3) is 0 Å². The first-order chi connectivity index (χ1) is 8.26. The SMILES string of the molecule is COC(=O)c1occc1CN(CCO)C1CC1. The predicted molar refractivity (Wildman–Crippen MR) is 60.6 cm³/mol. The molecule has 0 unspecified atom stereocenters. The molecule has 5 nitrogen and oxygen atoms in total. The fraction of sp³-hybridized carbons (Fsp3) is 0.583. The molecule has 17 heavy (non-hydrogen) atoms. The molecular formula is C12H17NO4. The molecule has 0 radical (unpaired) electrons. The van der Waals surface area contributed by atoms with Gasteiger partial charge >= 0.3 is 5.97 Å². The normalized spacial score (nSPS) is 15.2. The third-order valence-electron chi connectivity index (χ3n) is 2.94. The molecule has 0 aliphatic heterocycles. The number of esters is 1. The molecule has 1 aliphatic rings. The van der Waals surface area contributed by atoms with Crippen molar-refractivity contribution in [1.29, 1.82) is 0 Å². The van der Waals surface area contributed by atoms with E-state index in [1.165, 1.54) is 13.4 Å². The molecule has 5 heteroatoms. The lowest BCUT2D eigenvalue weighted by Gasteiger charge is -2.20. The Morgan fingerprint density at radius 1 is 1.65 bits per heavy atom. The highest BCUT2D eigenvalue weighted by Gasteiger charge is 2.30. The lowest BCUT2D eigenvalue weighted by atomic mass is 10.2. The second-order valence-electron chi connectivity index (χ2n) is 4.19. The molecule has 1 N–H and O–H groups in total. The first-order valence-corrected chi connectivity index (χ1v) is 5.76. The van der Waals surface area contributed by atoms with Crippen LogP contribution in [0.3, 0.4) is 0 Å². The highest BCUT2D eigenvalue weighted by Crippen LogP contribution is 2.28. The summed E-state index contributed by atoms with van der Waals surface area (Å²) >= 11 is 0. The predicted octanol–water partition coefficient (Wildman–Crippen LogP) is 1.02. The Balaban J connectivity index is 2.06. The molecule has 1 aromatic heterocycles. The van der Waals surface area contributed by atoms with Crippen molar-refractivity contribution in [3.63, 3.8) is 0 Å². The van der Waals surface area contributed by atoms with Crippen LogP contribution in [0.5, 0.6) is 0 Å². The van der Waals surface area contributed by atoms with Crippen molar-refractivity contribution in [2.45, 2.75) is 25.4 Å². The molecule has 1 fully saturated rings. The van der Waals surface area contributed by atoms with Crippen LogP contribution in [0.15, 0.2) is 16.7 Å². The van der Waals surface area contributed by atoms with E-state index in [1.54, 1.807) is 6.07 Å². The van der Waals surface area contributed by atoms with Gasteiger partial charge in [0.05, 0.1) is 20.0 Å². The molecule has 0 bridgehead atoms. The van der Waals surface area contributed by atoms with Gasteiger partial charge in [0.25, 0.3) is 0 Å². The molecule has 0 saturated heterocycles. The molecule has 0 aromatic carbocycles. The second-order valence-corrected chi connectivity index (χ2v) is 4.19. The Hall–Kier alpha value is -1.33. The van der Waals surface area contributed by atoms with E-state index in [0.717, 1.165) is 18.4 Å². The van der Waals surface area contributed by atoms with Crippen molar-refractivity contribution < 1.29 is 19.1 Å². The van der Waals surface area contributed by atoms with Gasteiger partial charge in [-0.1, -0.05) is 0 Å². The topological polar surface area (TPSA) is 62.9 Å². The first kappa shape index (κ1) is 12.1. The second kappa shape index (κ2) is 5.33. The monoisotopic (exact) mass is 239 g/mol. The Labute approximate surface area is 100.0 Å². The summed E-state index contributed by atoms with van der Waals surface area (Å²) in [5.41, 5.74) is 0.817. The van der Waals surface area contributed by atoms with Crippen LogP contribution < -0.4 is 0 Å². The number of carbonyl (C=O) groups excluding carboxylic acids is 1. The van der Waals surface area contributed by atoms with E-state index in [9.17, 15) is 4.79 Å². The van der Waals surface area contributed by atoms with Gasteiger partial charge < -0.3 is 14.3 Å². The maximum absolute atomic E-state index is 11.4. The van der Waals surface area contributed by atoms with Gasteiger partial charge in [0.1, 0.15) is 0 Å². The zero-order valence-corrected chi connectivity index (χ0v) is 9.89. The Morgan fingerprint density at radius 2 is 2.41 bits per heavy atom. The summed E-state index contributed by atoms with van der Waals surface area (Å²) in [5.74, 6) is -0.194. The number of aliphatic hydroxyl groups is 1. The molecule has 0 atom stereocenters. The fourth-order valence-corrected chi connectivity index (χ4v) is 1.91. The molecule has 1 aliphatic carbocycles. The number of methoxy groups -OCH3 is 1. The lowest BCUT2D eigenvalue weighted by Crippen LogP contribution is -2.29. The van der Waals surface area contributed by atoms with E-state index in [1.807, 2.05) is 0 Å². The summed E-state index contributed by atoms with van der Waals surface area (Å²) < 4.78 is 9.79. The molecule has 0 amide bonds. The van der Waals surface area contributed by atoms with E-state index >= 15 is 0 Å². The zero-order chi connectivity index (χ0) is 12.3. The Bertz CT molecular complexity index is 384. The minimum atomic E-state index is -0.454. The fourth-order valence-electron chi connectivity index (χ4n) is 1.91. The van der Waals surface area contributed by atoms with Crippen molar-refractivity contribution in [2.24, 2.45) is 0 Å². The van der Waals surface area contributed by atoms with Crippen LogP contribution >= 0.6 is 0 Å². The highest BCUT2D eigenvalue weighted by molar-refractivity contribution is 5.87. The number of ether oxygens (including phenoxy) is 1. The van der Waals surface area contributed by atoms with Crippen molar-refractivity contribution in [3.05, 3.63) is 23.7 Å². The molecular weight excluding hydrogens is 222 g/mol. The van der Waals surface area contributed by atoms with Gasteiger partial charge in [-0.2, -0.15) is 0 Å². The molecule has 1 aromatic rings. The third-order valence-corrected chi connectivity index (χ3v) is 2.94. The number of hydrogen-bond donors (Lipinski definition) is 1. The first-order valence-electron chi connectivity index (χ1n) is 5.76. The van der Waals surface area contributed by atoms with Crippen LogP contribution in [-0.2, 0) is 11.3 Å². The molecule has 2 rings (SSSR count). The van der Waals surface area contributed by atoms with E-state index in [-0.39, 0.29) is 12.4 Å². The third kappa shape index (κ3) is 2.87. The highest BCUT2D eigenvalue weighted by atomic mass is 16.5. The van der Waals surface area contributed by atoms with Gasteiger partial charge in [-0.15, -0.1) is 0 Å². The van der Waals surface area contributed by atoms with Crippen LogP contribution in [0, 0.1) is 0 Å². The van der Waals surface area contributed by atoms with E-state index in [0.29, 0.717) is 19.1 Å². The molecule has 94 valence electrons. The van der Waals surface area contributed by atoms with Crippen LogP contribution in [0.2, 0.25) is 0 Å². The average molecular weight is 239 g/mol.